The lowest BCUT2D eigenvalue weighted by molar-refractivity contribution is -0.139. The Balaban J connectivity index is 2.47. The lowest BCUT2D eigenvalue weighted by Crippen LogP contribution is -2.52. The van der Waals surface area contributed by atoms with E-state index in [-0.39, 0.29) is 29.9 Å². The first-order chi connectivity index (χ1) is 16.9. The average molecular weight is 585 g/mol. The molecule has 0 aliphatic carbocycles. The Labute approximate surface area is 221 Å². The van der Waals surface area contributed by atoms with E-state index in [4.69, 9.17) is 9.47 Å². The van der Waals surface area contributed by atoms with E-state index >= 15 is 0 Å². The van der Waals surface area contributed by atoms with Gasteiger partial charge in [0.1, 0.15) is 24.1 Å². The normalized spacial score (nSPS) is 12.9. The number of rotatable bonds is 12. The third-order valence-corrected chi connectivity index (χ3v) is 7.42. The summed E-state index contributed by atoms with van der Waals surface area (Å²) in [5.74, 6) is -0.198. The maximum absolute atomic E-state index is 13.7. The quantitative estimate of drug-likeness (QED) is 0.409. The van der Waals surface area contributed by atoms with Crippen molar-refractivity contribution >= 4 is 43.5 Å². The van der Waals surface area contributed by atoms with Crippen LogP contribution in [0.5, 0.6) is 11.5 Å². The Kier molecular flexibility index (Phi) is 10.6. The highest BCUT2D eigenvalue weighted by Gasteiger charge is 2.31. The van der Waals surface area contributed by atoms with E-state index in [1.807, 2.05) is 38.1 Å². The molecule has 198 valence electrons. The molecule has 2 amide bonds. The van der Waals surface area contributed by atoms with Crippen LogP contribution in [0, 0.1) is 0 Å². The minimum atomic E-state index is -3.91. The molecule has 11 heteroatoms. The predicted octanol–water partition coefficient (Wildman–Crippen LogP) is 3.56. The molecule has 0 heterocycles. The molecule has 1 N–H and O–H groups in total. The van der Waals surface area contributed by atoms with E-state index in [0.29, 0.717) is 5.75 Å². The molecule has 2 aromatic rings. The second-order valence-corrected chi connectivity index (χ2v) is 11.3. The smallest absolute Gasteiger partial charge is 0.244 e. The highest BCUT2D eigenvalue weighted by atomic mass is 79.9. The molecule has 2 atom stereocenters. The molecule has 0 aliphatic rings. The third-order valence-electron chi connectivity index (χ3n) is 5.77. The molecule has 0 saturated carbocycles. The van der Waals surface area contributed by atoms with Crippen molar-refractivity contribution in [1.82, 2.24) is 10.2 Å². The highest BCUT2D eigenvalue weighted by Crippen LogP contribution is 2.34. The second-order valence-electron chi connectivity index (χ2n) is 8.45. The lowest BCUT2D eigenvalue weighted by atomic mass is 10.1. The summed E-state index contributed by atoms with van der Waals surface area (Å²) in [6.07, 6.45) is 1.74. The number of carbonyl (C=O) groups is 2. The number of nitrogens with one attached hydrogen (secondary N) is 1. The van der Waals surface area contributed by atoms with Gasteiger partial charge < -0.3 is 19.7 Å². The number of carbonyl (C=O) groups excluding carboxylic acids is 2. The molecule has 0 aromatic heterocycles. The van der Waals surface area contributed by atoms with Gasteiger partial charge in [-0.25, -0.2) is 8.42 Å². The fourth-order valence-corrected chi connectivity index (χ4v) is 4.53. The summed E-state index contributed by atoms with van der Waals surface area (Å²) in [7, 11) is -1.04. The van der Waals surface area contributed by atoms with Crippen LogP contribution in [0.1, 0.15) is 32.8 Å². The number of benzene rings is 2. The van der Waals surface area contributed by atoms with Crippen molar-refractivity contribution in [2.75, 3.05) is 31.3 Å². The van der Waals surface area contributed by atoms with E-state index in [1.54, 1.807) is 19.1 Å². The Morgan fingerprint density at radius 2 is 1.69 bits per heavy atom. The van der Waals surface area contributed by atoms with E-state index in [1.165, 1.54) is 25.2 Å². The molecule has 0 aliphatic heterocycles. The molecule has 0 spiro atoms. The lowest BCUT2D eigenvalue weighted by Gasteiger charge is -2.32. The summed E-state index contributed by atoms with van der Waals surface area (Å²) in [4.78, 5) is 28.0. The Hall–Kier alpha value is -2.79. The highest BCUT2D eigenvalue weighted by molar-refractivity contribution is 9.10. The molecule has 36 heavy (non-hydrogen) atoms. The van der Waals surface area contributed by atoms with Gasteiger partial charge in [0.25, 0.3) is 0 Å². The maximum atomic E-state index is 13.7. The first-order valence-corrected chi connectivity index (χ1v) is 14.1. The molecule has 0 fully saturated rings. The molecule has 2 rings (SSSR count). The number of hydrogen-bond acceptors (Lipinski definition) is 6. The van der Waals surface area contributed by atoms with Gasteiger partial charge in [-0.3, -0.25) is 13.9 Å². The van der Waals surface area contributed by atoms with Crippen LogP contribution < -0.4 is 19.1 Å². The summed E-state index contributed by atoms with van der Waals surface area (Å²) in [5.41, 5.74) is 0.951. The van der Waals surface area contributed by atoms with Crippen LogP contribution in [0.4, 0.5) is 5.69 Å². The summed E-state index contributed by atoms with van der Waals surface area (Å²) >= 11 is 3.39. The third kappa shape index (κ3) is 7.86. The van der Waals surface area contributed by atoms with Gasteiger partial charge in [-0.05, 0) is 50.1 Å². The van der Waals surface area contributed by atoms with Gasteiger partial charge in [0.05, 0.1) is 26.2 Å². The zero-order valence-electron chi connectivity index (χ0n) is 21.4. The first kappa shape index (κ1) is 29.4. The molecule has 0 unspecified atom stereocenters. The number of anilines is 1. The number of ether oxygens (including phenoxy) is 2. The molecule has 9 nitrogen and oxygen atoms in total. The van der Waals surface area contributed by atoms with Crippen LogP contribution in [0.3, 0.4) is 0 Å². The molecule has 2 aromatic carbocycles. The van der Waals surface area contributed by atoms with Crippen molar-refractivity contribution in [1.29, 1.82) is 0 Å². The van der Waals surface area contributed by atoms with Crippen molar-refractivity contribution in [2.24, 2.45) is 0 Å². The average Bonchev–Trinajstić information content (AvgIpc) is 2.85. The van der Waals surface area contributed by atoms with E-state index < -0.39 is 28.5 Å². The molecular weight excluding hydrogens is 550 g/mol. The van der Waals surface area contributed by atoms with Crippen LogP contribution in [0.15, 0.2) is 46.9 Å². The zero-order valence-corrected chi connectivity index (χ0v) is 23.9. The van der Waals surface area contributed by atoms with Gasteiger partial charge in [0.15, 0.2) is 0 Å². The summed E-state index contributed by atoms with van der Waals surface area (Å²) < 4.78 is 38.1. The van der Waals surface area contributed by atoms with E-state index in [0.717, 1.165) is 27.0 Å². The van der Waals surface area contributed by atoms with Crippen LogP contribution >= 0.6 is 15.9 Å². The molecule has 0 saturated heterocycles. The van der Waals surface area contributed by atoms with Crippen molar-refractivity contribution < 1.29 is 27.5 Å². The van der Waals surface area contributed by atoms with Crippen molar-refractivity contribution in [3.05, 3.63) is 52.5 Å². The second kappa shape index (κ2) is 13.0. The minimum Gasteiger partial charge on any atom is -0.497 e. The van der Waals surface area contributed by atoms with Gasteiger partial charge in [-0.2, -0.15) is 0 Å². The van der Waals surface area contributed by atoms with Gasteiger partial charge in [-0.15, -0.1) is 0 Å². The molecule has 0 bridgehead atoms. The minimum absolute atomic E-state index is 0.0712. The number of nitrogens with zero attached hydrogens (tertiary/aromatic N) is 2. The molecule has 0 radical (unpaired) electrons. The summed E-state index contributed by atoms with van der Waals surface area (Å²) in [6, 6.07) is 11.1. The largest absolute Gasteiger partial charge is 0.497 e. The SMILES string of the molecule is CC[C@@H](C)NC(=O)[C@@H](C)N(Cc1ccc(Br)cc1)C(=O)CN(c1cc(OC)ccc1OC)S(C)(=O)=O. The van der Waals surface area contributed by atoms with Crippen LogP contribution in [0.2, 0.25) is 0 Å². The van der Waals surface area contributed by atoms with Crippen LogP contribution in [-0.4, -0.2) is 64.2 Å². The zero-order chi connectivity index (χ0) is 27.0. The topological polar surface area (TPSA) is 105 Å². The van der Waals surface area contributed by atoms with Crippen molar-refractivity contribution in [2.45, 2.75) is 45.8 Å². The summed E-state index contributed by atoms with van der Waals surface area (Å²) in [5, 5.41) is 2.90. The summed E-state index contributed by atoms with van der Waals surface area (Å²) in [6.45, 7) is 5.05. The van der Waals surface area contributed by atoms with Gasteiger partial charge >= 0.3 is 0 Å². The molecular formula is C25H34BrN3O6S. The fourth-order valence-electron chi connectivity index (χ4n) is 3.42. The van der Waals surface area contributed by atoms with Gasteiger partial charge in [0, 0.05) is 23.1 Å². The van der Waals surface area contributed by atoms with Crippen molar-refractivity contribution in [3.8, 4) is 11.5 Å². The standard InChI is InChI=1S/C25H34BrN3O6S/c1-7-17(2)27-25(31)18(3)28(15-19-8-10-20(26)11-9-19)24(30)16-29(36(6,32)33)22-14-21(34-4)12-13-23(22)35-5/h8-14,17-18H,7,15-16H2,1-6H3,(H,27,31)/t17-,18-/m1/s1. The Morgan fingerprint density at radius 3 is 2.22 bits per heavy atom. The van der Waals surface area contributed by atoms with Crippen molar-refractivity contribution in [3.63, 3.8) is 0 Å². The number of amides is 2. The Bertz CT molecular complexity index is 1160. The number of sulfonamides is 1. The van der Waals surface area contributed by atoms with Gasteiger partial charge in [0.2, 0.25) is 21.8 Å². The van der Waals surface area contributed by atoms with Gasteiger partial charge in [-0.1, -0.05) is 35.0 Å². The number of halogens is 1. The number of hydrogen-bond donors (Lipinski definition) is 1. The van der Waals surface area contributed by atoms with Crippen LogP contribution in [-0.2, 0) is 26.2 Å². The first-order valence-electron chi connectivity index (χ1n) is 11.4. The van der Waals surface area contributed by atoms with E-state index in [9.17, 15) is 18.0 Å². The monoisotopic (exact) mass is 583 g/mol. The van der Waals surface area contributed by atoms with E-state index in [2.05, 4.69) is 21.2 Å². The van der Waals surface area contributed by atoms with Crippen LogP contribution in [0.25, 0.3) is 0 Å². The maximum Gasteiger partial charge on any atom is 0.244 e. The predicted molar refractivity (Wildman–Crippen MR) is 144 cm³/mol. The Morgan fingerprint density at radius 1 is 1.06 bits per heavy atom. The fraction of sp³-hybridized carbons (Fsp3) is 0.440. The number of methoxy groups -OCH3 is 2.